The largest absolute Gasteiger partial charge is 0.504 e. The van der Waals surface area contributed by atoms with E-state index in [1.807, 2.05) is 0 Å². The number of rotatable bonds is 7. The number of aliphatic hydroxyl groups is 5. The van der Waals surface area contributed by atoms with Crippen molar-refractivity contribution < 1.29 is 63.9 Å². The molecular formula is C23H28O13. The number of hydrogen-bond acceptors (Lipinski definition) is 13. The van der Waals surface area contributed by atoms with Crippen molar-refractivity contribution in [2.45, 2.75) is 54.8 Å². The first-order valence-corrected chi connectivity index (χ1v) is 11.4. The Hall–Kier alpha value is -2.49. The molecule has 1 saturated carbocycles. The molecule has 0 bridgehead atoms. The first-order chi connectivity index (χ1) is 17.2. The van der Waals surface area contributed by atoms with E-state index in [4.69, 9.17) is 28.4 Å². The van der Waals surface area contributed by atoms with Crippen LogP contribution in [0.15, 0.2) is 30.5 Å². The minimum absolute atomic E-state index is 0.0973. The molecule has 11 atom stereocenters. The van der Waals surface area contributed by atoms with E-state index in [9.17, 15) is 35.4 Å². The highest BCUT2D eigenvalue weighted by Gasteiger charge is 2.77. The number of aromatic hydroxyl groups is 1. The van der Waals surface area contributed by atoms with Crippen molar-refractivity contribution in [2.75, 3.05) is 20.3 Å². The van der Waals surface area contributed by atoms with E-state index in [-0.39, 0.29) is 17.1 Å². The van der Waals surface area contributed by atoms with Gasteiger partial charge in [-0.25, -0.2) is 4.79 Å². The number of aliphatic hydroxyl groups excluding tert-OH is 5. The molecule has 0 amide bonds. The fourth-order valence-corrected chi connectivity index (χ4v) is 5.28. The zero-order valence-corrected chi connectivity index (χ0v) is 19.1. The van der Waals surface area contributed by atoms with E-state index in [2.05, 4.69) is 0 Å². The standard InChI is InChI=1S/C23H28O13/c1-31-12-6-9(2-3-11(12)26)20(30)34-18-10-4-5-32-21(14(10)23(8-25)19(18)36-23)35-22-17(29)16(28)15(27)13(7-24)33-22/h2-6,10,13-19,21-22,24-29H,7-8H2,1H3/t10-,13+,14-,15+,16-,17+,18+,19+,21+,22-,23+/m1/s1. The fraction of sp³-hybridized carbons (Fsp3) is 0.609. The van der Waals surface area contributed by atoms with Gasteiger partial charge in [0.05, 0.1) is 38.1 Å². The Balaban J connectivity index is 1.35. The van der Waals surface area contributed by atoms with E-state index in [0.29, 0.717) is 0 Å². The minimum atomic E-state index is -1.66. The molecule has 6 N–H and O–H groups in total. The number of hydrogen-bond donors (Lipinski definition) is 6. The molecule has 0 spiro atoms. The SMILES string of the molecule is COc1cc(C(=O)O[C@H]2[C@@H]3C=CO[C@@H](O[C@H]4O[C@@H](CO)[C@H](O)[C@@H](O)[C@@H]4O)[C@@H]3[C@]3(CO)O[C@@H]23)ccc1O. The topological polar surface area (TPSA) is 197 Å². The lowest BCUT2D eigenvalue weighted by molar-refractivity contribution is -0.344. The Kier molecular flexibility index (Phi) is 6.59. The van der Waals surface area contributed by atoms with Gasteiger partial charge in [-0.05, 0) is 24.3 Å². The lowest BCUT2D eigenvalue weighted by Crippen LogP contribution is -2.60. The molecule has 0 aromatic heterocycles. The van der Waals surface area contributed by atoms with E-state index < -0.39 is 85.8 Å². The van der Waals surface area contributed by atoms with Crippen LogP contribution < -0.4 is 4.74 Å². The van der Waals surface area contributed by atoms with Gasteiger partial charge in [0.1, 0.15) is 42.2 Å². The number of carbonyl (C=O) groups excluding carboxylic acids is 1. The van der Waals surface area contributed by atoms with Crippen molar-refractivity contribution in [2.24, 2.45) is 11.8 Å². The molecule has 3 fully saturated rings. The highest BCUT2D eigenvalue weighted by molar-refractivity contribution is 5.90. The van der Waals surface area contributed by atoms with E-state index >= 15 is 0 Å². The maximum absolute atomic E-state index is 12.9. The number of carbonyl (C=O) groups is 1. The van der Waals surface area contributed by atoms with Crippen LogP contribution in [-0.2, 0) is 23.7 Å². The Morgan fingerprint density at radius 2 is 1.89 bits per heavy atom. The van der Waals surface area contributed by atoms with Crippen molar-refractivity contribution in [1.29, 1.82) is 0 Å². The molecule has 0 unspecified atom stereocenters. The van der Waals surface area contributed by atoms with Crippen molar-refractivity contribution in [3.63, 3.8) is 0 Å². The van der Waals surface area contributed by atoms with Crippen molar-refractivity contribution >= 4 is 5.97 Å². The summed E-state index contributed by atoms with van der Waals surface area (Å²) in [7, 11) is 1.35. The Morgan fingerprint density at radius 1 is 1.11 bits per heavy atom. The van der Waals surface area contributed by atoms with Crippen LogP contribution in [0.4, 0.5) is 0 Å². The molecule has 0 radical (unpaired) electrons. The molecule has 13 heteroatoms. The molecule has 1 aromatic rings. The number of esters is 1. The van der Waals surface area contributed by atoms with Gasteiger partial charge in [-0.15, -0.1) is 0 Å². The Bertz CT molecular complexity index is 1010. The maximum Gasteiger partial charge on any atom is 0.338 e. The number of phenolic OH excluding ortho intramolecular Hbond substituents is 1. The molecule has 3 heterocycles. The van der Waals surface area contributed by atoms with Crippen LogP contribution in [-0.4, -0.2) is 112 Å². The van der Waals surface area contributed by atoms with E-state index in [0.717, 1.165) is 0 Å². The fourth-order valence-electron chi connectivity index (χ4n) is 5.28. The van der Waals surface area contributed by atoms with Crippen molar-refractivity contribution in [1.82, 2.24) is 0 Å². The molecular weight excluding hydrogens is 484 g/mol. The second-order valence-electron chi connectivity index (χ2n) is 9.18. The summed E-state index contributed by atoms with van der Waals surface area (Å²) in [5.41, 5.74) is -1.03. The molecule has 1 aliphatic carbocycles. The number of ether oxygens (including phenoxy) is 6. The van der Waals surface area contributed by atoms with Gasteiger partial charge in [0, 0.05) is 5.92 Å². The summed E-state index contributed by atoms with van der Waals surface area (Å²) in [6.07, 6.45) is -7.19. The smallest absolute Gasteiger partial charge is 0.338 e. The van der Waals surface area contributed by atoms with Crippen LogP contribution in [0.5, 0.6) is 11.5 Å². The first kappa shape index (κ1) is 25.2. The van der Waals surface area contributed by atoms with Crippen molar-refractivity contribution in [3.8, 4) is 11.5 Å². The number of benzene rings is 1. The van der Waals surface area contributed by atoms with Gasteiger partial charge < -0.3 is 59.1 Å². The van der Waals surface area contributed by atoms with Gasteiger partial charge in [-0.1, -0.05) is 0 Å². The summed E-state index contributed by atoms with van der Waals surface area (Å²) in [6.45, 7) is -1.07. The predicted molar refractivity (Wildman–Crippen MR) is 114 cm³/mol. The average molecular weight is 512 g/mol. The third-order valence-corrected chi connectivity index (χ3v) is 7.26. The molecule has 5 rings (SSSR count). The monoisotopic (exact) mass is 512 g/mol. The number of methoxy groups -OCH3 is 1. The number of fused-ring (bicyclic) bond motifs is 3. The van der Waals surface area contributed by atoms with Crippen LogP contribution in [0.2, 0.25) is 0 Å². The van der Waals surface area contributed by atoms with Crippen LogP contribution in [0.1, 0.15) is 10.4 Å². The second-order valence-corrected chi connectivity index (χ2v) is 9.18. The number of epoxide rings is 1. The first-order valence-electron chi connectivity index (χ1n) is 11.4. The van der Waals surface area contributed by atoms with Gasteiger partial charge in [-0.2, -0.15) is 0 Å². The van der Waals surface area contributed by atoms with Gasteiger partial charge in [0.15, 0.2) is 17.8 Å². The van der Waals surface area contributed by atoms with Crippen LogP contribution in [0, 0.1) is 11.8 Å². The summed E-state index contributed by atoms with van der Waals surface area (Å²) in [5.74, 6) is -1.95. The zero-order chi connectivity index (χ0) is 25.8. The van der Waals surface area contributed by atoms with Crippen LogP contribution in [0.3, 0.4) is 0 Å². The summed E-state index contributed by atoms with van der Waals surface area (Å²) in [5, 5.41) is 59.8. The lowest BCUT2D eigenvalue weighted by atomic mass is 9.85. The summed E-state index contributed by atoms with van der Waals surface area (Å²) in [6, 6.07) is 4.02. The van der Waals surface area contributed by atoms with E-state index in [1.165, 1.54) is 31.6 Å². The molecule has 1 aromatic carbocycles. The van der Waals surface area contributed by atoms with E-state index in [1.54, 1.807) is 6.08 Å². The van der Waals surface area contributed by atoms with Gasteiger partial charge >= 0.3 is 5.97 Å². The predicted octanol–water partition coefficient (Wildman–Crippen LogP) is -2.01. The zero-order valence-electron chi connectivity index (χ0n) is 19.1. The normalized spacial score (nSPS) is 42.7. The second kappa shape index (κ2) is 9.43. The molecule has 198 valence electrons. The quantitative estimate of drug-likeness (QED) is 0.173. The summed E-state index contributed by atoms with van der Waals surface area (Å²) in [4.78, 5) is 12.9. The lowest BCUT2D eigenvalue weighted by Gasteiger charge is -2.43. The molecule has 2 saturated heterocycles. The van der Waals surface area contributed by atoms with Gasteiger partial charge in [0.2, 0.25) is 6.29 Å². The molecule has 13 nitrogen and oxygen atoms in total. The van der Waals surface area contributed by atoms with Crippen LogP contribution in [0.25, 0.3) is 0 Å². The molecule has 4 aliphatic rings. The van der Waals surface area contributed by atoms with Crippen molar-refractivity contribution in [3.05, 3.63) is 36.1 Å². The highest BCUT2D eigenvalue weighted by Crippen LogP contribution is 2.60. The highest BCUT2D eigenvalue weighted by atomic mass is 16.8. The summed E-state index contributed by atoms with van der Waals surface area (Å²) < 4.78 is 33.4. The van der Waals surface area contributed by atoms with Gasteiger partial charge in [0.25, 0.3) is 0 Å². The van der Waals surface area contributed by atoms with Crippen LogP contribution >= 0.6 is 0 Å². The number of phenols is 1. The third-order valence-electron chi connectivity index (χ3n) is 7.26. The Labute approximate surface area is 205 Å². The molecule has 3 aliphatic heterocycles. The average Bonchev–Trinajstić information content (AvgIpc) is 3.56. The summed E-state index contributed by atoms with van der Waals surface area (Å²) >= 11 is 0. The minimum Gasteiger partial charge on any atom is -0.504 e. The Morgan fingerprint density at radius 3 is 2.58 bits per heavy atom. The maximum atomic E-state index is 12.9. The molecule has 36 heavy (non-hydrogen) atoms. The van der Waals surface area contributed by atoms with Gasteiger partial charge in [-0.3, -0.25) is 0 Å². The third kappa shape index (κ3) is 3.92.